The van der Waals surface area contributed by atoms with Gasteiger partial charge in [0, 0.05) is 30.3 Å². The van der Waals surface area contributed by atoms with Gasteiger partial charge >= 0.3 is 0 Å². The van der Waals surface area contributed by atoms with Gasteiger partial charge in [-0.15, -0.1) is 0 Å². The Morgan fingerprint density at radius 1 is 1.14 bits per heavy atom. The molecule has 0 heterocycles. The largest absolute Gasteiger partial charge is 0.371 e. The van der Waals surface area contributed by atoms with Crippen molar-refractivity contribution in [2.45, 2.75) is 53.5 Å². The Labute approximate surface area is 135 Å². The van der Waals surface area contributed by atoms with Gasteiger partial charge in [0.15, 0.2) is 0 Å². The second-order valence-electron chi connectivity index (χ2n) is 5.67. The molecule has 21 heavy (non-hydrogen) atoms. The monoisotopic (exact) mass is 310 g/mol. The Bertz CT molecular complexity index is 402. The summed E-state index contributed by atoms with van der Waals surface area (Å²) in [6, 6.07) is 6.28. The van der Waals surface area contributed by atoms with Gasteiger partial charge in [0.05, 0.1) is 0 Å². The third-order valence-electron chi connectivity index (χ3n) is 4.15. The van der Waals surface area contributed by atoms with E-state index in [0.717, 1.165) is 43.5 Å². The highest BCUT2D eigenvalue weighted by Crippen LogP contribution is 2.26. The molecule has 0 aliphatic rings. The highest BCUT2D eigenvalue weighted by molar-refractivity contribution is 6.30. The Morgan fingerprint density at radius 3 is 2.43 bits per heavy atom. The summed E-state index contributed by atoms with van der Waals surface area (Å²) in [6.07, 6.45) is 3.63. The lowest BCUT2D eigenvalue weighted by molar-refractivity contribution is 0.485. The quantitative estimate of drug-likeness (QED) is 0.605. The van der Waals surface area contributed by atoms with Crippen LogP contribution < -0.4 is 10.2 Å². The predicted molar refractivity (Wildman–Crippen MR) is 95.4 cm³/mol. The normalized spacial score (nSPS) is 11.1. The zero-order valence-electron chi connectivity index (χ0n) is 14.1. The molecule has 0 atom stereocenters. The van der Waals surface area contributed by atoms with Gasteiger partial charge in [0.25, 0.3) is 0 Å². The van der Waals surface area contributed by atoms with Crippen molar-refractivity contribution in [3.05, 3.63) is 28.8 Å². The third kappa shape index (κ3) is 5.88. The summed E-state index contributed by atoms with van der Waals surface area (Å²) in [5.41, 5.74) is 2.64. The lowest BCUT2D eigenvalue weighted by Crippen LogP contribution is -2.30. The maximum atomic E-state index is 6.24. The van der Waals surface area contributed by atoms with Crippen molar-refractivity contribution in [3.63, 3.8) is 0 Å². The van der Waals surface area contributed by atoms with Gasteiger partial charge in [-0.3, -0.25) is 0 Å². The van der Waals surface area contributed by atoms with E-state index in [1.54, 1.807) is 0 Å². The Balaban J connectivity index is 2.91. The van der Waals surface area contributed by atoms with Crippen LogP contribution in [0, 0.1) is 5.92 Å². The van der Waals surface area contributed by atoms with E-state index < -0.39 is 0 Å². The lowest BCUT2D eigenvalue weighted by atomic mass is 10.0. The van der Waals surface area contributed by atoms with Gasteiger partial charge in [0.1, 0.15) is 0 Å². The number of nitrogens with one attached hydrogen (secondary N) is 1. The van der Waals surface area contributed by atoms with Crippen molar-refractivity contribution in [1.82, 2.24) is 5.32 Å². The Morgan fingerprint density at radius 2 is 1.86 bits per heavy atom. The van der Waals surface area contributed by atoms with E-state index in [-0.39, 0.29) is 0 Å². The number of benzene rings is 1. The molecule has 0 amide bonds. The molecule has 0 bridgehead atoms. The number of rotatable bonds is 10. The van der Waals surface area contributed by atoms with Gasteiger partial charge in [-0.1, -0.05) is 51.3 Å². The molecule has 0 unspecified atom stereocenters. The molecule has 3 heteroatoms. The second-order valence-corrected chi connectivity index (χ2v) is 6.11. The average molecular weight is 311 g/mol. The van der Waals surface area contributed by atoms with Crippen LogP contribution in [0.15, 0.2) is 18.2 Å². The number of nitrogens with zero attached hydrogens (tertiary/aromatic N) is 1. The maximum absolute atomic E-state index is 6.24. The van der Waals surface area contributed by atoms with E-state index in [0.29, 0.717) is 0 Å². The average Bonchev–Trinajstić information content (AvgIpc) is 2.50. The molecule has 1 rings (SSSR count). The summed E-state index contributed by atoms with van der Waals surface area (Å²) < 4.78 is 0. The first-order chi connectivity index (χ1) is 10.2. The minimum Gasteiger partial charge on any atom is -0.371 e. The molecule has 0 saturated heterocycles. The van der Waals surface area contributed by atoms with Crippen molar-refractivity contribution in [2.75, 3.05) is 24.5 Å². The molecule has 0 aliphatic heterocycles. The Hall–Kier alpha value is -0.730. The second kappa shape index (κ2) is 10.1. The number of anilines is 1. The first-order valence-corrected chi connectivity index (χ1v) is 8.77. The molecule has 2 nitrogen and oxygen atoms in total. The smallest absolute Gasteiger partial charge is 0.0426 e. The highest BCUT2D eigenvalue weighted by atomic mass is 35.5. The van der Waals surface area contributed by atoms with Crippen LogP contribution in [0.1, 0.15) is 52.5 Å². The predicted octanol–water partition coefficient (Wildman–Crippen LogP) is 5.10. The summed E-state index contributed by atoms with van der Waals surface area (Å²) in [5.74, 6) is 0.750. The minimum atomic E-state index is 0.750. The first kappa shape index (κ1) is 18.3. The molecule has 0 radical (unpaired) electrons. The van der Waals surface area contributed by atoms with Crippen molar-refractivity contribution in [2.24, 2.45) is 5.92 Å². The molecule has 0 aromatic heterocycles. The summed E-state index contributed by atoms with van der Waals surface area (Å²) in [6.45, 7) is 13.1. The van der Waals surface area contributed by atoms with Gasteiger partial charge in [0.2, 0.25) is 0 Å². The van der Waals surface area contributed by atoms with Crippen molar-refractivity contribution >= 4 is 17.3 Å². The SMILES string of the molecule is CCCNCc1ccc(Cl)cc1N(CC)CC(CC)CC. The number of hydrogen-bond donors (Lipinski definition) is 1. The Kier molecular flexibility index (Phi) is 8.79. The molecular formula is C18H31ClN2. The van der Waals surface area contributed by atoms with Crippen LogP contribution in [0.25, 0.3) is 0 Å². The fourth-order valence-corrected chi connectivity index (χ4v) is 2.80. The molecule has 0 spiro atoms. The molecule has 0 fully saturated rings. The zero-order valence-corrected chi connectivity index (χ0v) is 14.8. The van der Waals surface area contributed by atoms with Crippen LogP contribution in [-0.4, -0.2) is 19.6 Å². The standard InChI is InChI=1S/C18H31ClN2/c1-5-11-20-13-16-9-10-17(19)12-18(16)21(8-4)14-15(6-2)7-3/h9-10,12,15,20H,5-8,11,13-14H2,1-4H3. The van der Waals surface area contributed by atoms with E-state index in [2.05, 4.69) is 50.0 Å². The van der Waals surface area contributed by atoms with Gasteiger partial charge in [-0.2, -0.15) is 0 Å². The molecule has 0 aliphatic carbocycles. The van der Waals surface area contributed by atoms with Gasteiger partial charge < -0.3 is 10.2 Å². The summed E-state index contributed by atoms with van der Waals surface area (Å²) in [4.78, 5) is 2.48. The van der Waals surface area contributed by atoms with E-state index in [4.69, 9.17) is 11.6 Å². The molecule has 0 saturated carbocycles. The van der Waals surface area contributed by atoms with Crippen LogP contribution >= 0.6 is 11.6 Å². The molecular weight excluding hydrogens is 280 g/mol. The van der Waals surface area contributed by atoms with Crippen LogP contribution in [0.5, 0.6) is 0 Å². The highest BCUT2D eigenvalue weighted by Gasteiger charge is 2.14. The van der Waals surface area contributed by atoms with E-state index >= 15 is 0 Å². The van der Waals surface area contributed by atoms with E-state index in [1.807, 2.05) is 6.07 Å². The van der Waals surface area contributed by atoms with Crippen LogP contribution in [0.4, 0.5) is 5.69 Å². The fraction of sp³-hybridized carbons (Fsp3) is 0.667. The topological polar surface area (TPSA) is 15.3 Å². The van der Waals surface area contributed by atoms with Gasteiger partial charge in [-0.25, -0.2) is 0 Å². The van der Waals surface area contributed by atoms with E-state index in [1.165, 1.54) is 24.1 Å². The molecule has 1 aromatic rings. The van der Waals surface area contributed by atoms with Gasteiger partial charge in [-0.05, 0) is 43.5 Å². The minimum absolute atomic E-state index is 0.750. The van der Waals surface area contributed by atoms with Crippen LogP contribution in [-0.2, 0) is 6.54 Å². The summed E-state index contributed by atoms with van der Waals surface area (Å²) >= 11 is 6.24. The van der Waals surface area contributed by atoms with Crippen molar-refractivity contribution in [3.8, 4) is 0 Å². The molecule has 1 aromatic carbocycles. The number of hydrogen-bond acceptors (Lipinski definition) is 2. The van der Waals surface area contributed by atoms with Crippen molar-refractivity contribution < 1.29 is 0 Å². The lowest BCUT2D eigenvalue weighted by Gasteiger charge is -2.29. The fourth-order valence-electron chi connectivity index (χ4n) is 2.64. The van der Waals surface area contributed by atoms with Crippen molar-refractivity contribution in [1.29, 1.82) is 0 Å². The third-order valence-corrected chi connectivity index (χ3v) is 4.38. The maximum Gasteiger partial charge on any atom is 0.0426 e. The summed E-state index contributed by atoms with van der Waals surface area (Å²) in [7, 11) is 0. The number of halogens is 1. The van der Waals surface area contributed by atoms with Crippen LogP contribution in [0.2, 0.25) is 5.02 Å². The van der Waals surface area contributed by atoms with E-state index in [9.17, 15) is 0 Å². The first-order valence-electron chi connectivity index (χ1n) is 8.40. The zero-order chi connectivity index (χ0) is 15.7. The molecule has 1 N–H and O–H groups in total. The summed E-state index contributed by atoms with van der Waals surface area (Å²) in [5, 5.41) is 4.33. The molecule has 120 valence electrons. The van der Waals surface area contributed by atoms with Crippen LogP contribution in [0.3, 0.4) is 0 Å².